The van der Waals surface area contributed by atoms with Gasteiger partial charge in [-0.2, -0.15) is 5.10 Å². The van der Waals surface area contributed by atoms with Gasteiger partial charge < -0.3 is 9.64 Å². The standard InChI is InChI=1S/C32H41N5O2/c1-24-18-25(2)37(33-24)23-26-6-9-29(10-7-26)32(38)35-14-12-34(13-15-35)16-17-39-31-5-3-4-27(20-31)21-36-22-28-8-11-30(36)19-28/h3-7,9-10,18,20,28,30H,8,11-17,19,21-23H2,1-2H3/t28-,30+/m0/s1. The first-order valence-electron chi connectivity index (χ1n) is 14.6. The van der Waals surface area contributed by atoms with Crippen LogP contribution in [-0.2, 0) is 13.1 Å². The minimum atomic E-state index is 0.117. The number of ether oxygens (including phenoxy) is 1. The Morgan fingerprint density at radius 1 is 0.949 bits per heavy atom. The molecule has 1 aromatic heterocycles. The van der Waals surface area contributed by atoms with Crippen molar-refractivity contribution in [1.29, 1.82) is 0 Å². The Kier molecular flexibility index (Phi) is 7.71. The van der Waals surface area contributed by atoms with Crippen molar-refractivity contribution in [1.82, 2.24) is 24.5 Å². The Labute approximate surface area is 232 Å². The van der Waals surface area contributed by atoms with Gasteiger partial charge in [-0.1, -0.05) is 24.3 Å². The normalized spacial score (nSPS) is 21.5. The number of hydrogen-bond donors (Lipinski definition) is 0. The summed E-state index contributed by atoms with van der Waals surface area (Å²) in [6.45, 7) is 11.9. The molecule has 2 bridgehead atoms. The summed E-state index contributed by atoms with van der Waals surface area (Å²) < 4.78 is 8.14. The van der Waals surface area contributed by atoms with Gasteiger partial charge in [0.15, 0.2) is 0 Å². The van der Waals surface area contributed by atoms with E-state index in [0.29, 0.717) is 6.61 Å². The van der Waals surface area contributed by atoms with E-state index in [1.807, 2.05) is 40.8 Å². The Bertz CT molecular complexity index is 1280. The largest absolute Gasteiger partial charge is 0.492 e. The average Bonchev–Trinajstić information content (AvgIpc) is 3.65. The van der Waals surface area contributed by atoms with Gasteiger partial charge in [0, 0.05) is 63.1 Å². The van der Waals surface area contributed by atoms with E-state index in [9.17, 15) is 4.79 Å². The summed E-state index contributed by atoms with van der Waals surface area (Å²) in [5.41, 5.74) is 5.43. The first kappa shape index (κ1) is 26.1. The predicted molar refractivity (Wildman–Crippen MR) is 153 cm³/mol. The molecule has 6 rings (SSSR count). The van der Waals surface area contributed by atoms with E-state index in [0.717, 1.165) is 86.0 Å². The average molecular weight is 528 g/mol. The van der Waals surface area contributed by atoms with E-state index in [2.05, 4.69) is 52.2 Å². The smallest absolute Gasteiger partial charge is 0.253 e. The summed E-state index contributed by atoms with van der Waals surface area (Å²) in [5.74, 6) is 2.01. The molecule has 7 heteroatoms. The molecule has 1 amide bonds. The third-order valence-electron chi connectivity index (χ3n) is 8.78. The number of rotatable bonds is 9. The molecule has 2 aliphatic heterocycles. The molecule has 0 radical (unpaired) electrons. The second kappa shape index (κ2) is 11.5. The highest BCUT2D eigenvalue weighted by atomic mass is 16.5. The topological polar surface area (TPSA) is 53.8 Å². The lowest BCUT2D eigenvalue weighted by atomic mass is 10.1. The van der Waals surface area contributed by atoms with Crippen LogP contribution in [0.4, 0.5) is 0 Å². The summed E-state index contributed by atoms with van der Waals surface area (Å²) >= 11 is 0. The van der Waals surface area contributed by atoms with Crippen LogP contribution in [0.15, 0.2) is 54.6 Å². The number of carbonyl (C=O) groups is 1. The lowest BCUT2D eigenvalue weighted by molar-refractivity contribution is 0.0620. The zero-order valence-electron chi connectivity index (χ0n) is 23.4. The van der Waals surface area contributed by atoms with Gasteiger partial charge in [0.1, 0.15) is 12.4 Å². The summed E-state index contributed by atoms with van der Waals surface area (Å²) in [6.07, 6.45) is 4.19. The van der Waals surface area contributed by atoms with Gasteiger partial charge in [0.25, 0.3) is 5.91 Å². The van der Waals surface area contributed by atoms with Gasteiger partial charge in [0.2, 0.25) is 0 Å². The van der Waals surface area contributed by atoms with E-state index in [1.165, 1.54) is 31.4 Å². The van der Waals surface area contributed by atoms with Crippen molar-refractivity contribution < 1.29 is 9.53 Å². The fourth-order valence-corrected chi connectivity index (χ4v) is 6.60. The summed E-state index contributed by atoms with van der Waals surface area (Å²) in [4.78, 5) is 20.1. The van der Waals surface area contributed by atoms with Crippen molar-refractivity contribution in [2.75, 3.05) is 45.9 Å². The van der Waals surface area contributed by atoms with Crippen molar-refractivity contribution in [2.45, 2.75) is 52.2 Å². The van der Waals surface area contributed by atoms with Crippen LogP contribution in [-0.4, -0.2) is 82.3 Å². The van der Waals surface area contributed by atoms with Crippen molar-refractivity contribution >= 4 is 5.91 Å². The molecule has 1 saturated carbocycles. The van der Waals surface area contributed by atoms with Gasteiger partial charge >= 0.3 is 0 Å². The maximum absolute atomic E-state index is 13.1. The zero-order valence-corrected chi connectivity index (χ0v) is 23.4. The zero-order chi connectivity index (χ0) is 26.8. The molecule has 3 fully saturated rings. The monoisotopic (exact) mass is 527 g/mol. The highest BCUT2D eigenvalue weighted by molar-refractivity contribution is 5.94. The fourth-order valence-electron chi connectivity index (χ4n) is 6.60. The van der Waals surface area contributed by atoms with Gasteiger partial charge in [-0.15, -0.1) is 0 Å². The molecule has 2 saturated heterocycles. The van der Waals surface area contributed by atoms with Crippen molar-refractivity contribution in [3.63, 3.8) is 0 Å². The molecule has 3 aromatic rings. The SMILES string of the molecule is Cc1cc(C)n(Cc2ccc(C(=O)N3CCN(CCOc4cccc(CN5C[C@H]6CC[C@@H]5C6)c4)CC3)cc2)n1. The molecule has 0 spiro atoms. The molecule has 7 nitrogen and oxygen atoms in total. The number of amides is 1. The van der Waals surface area contributed by atoms with Crippen LogP contribution < -0.4 is 4.74 Å². The van der Waals surface area contributed by atoms with Crippen LogP contribution in [0.3, 0.4) is 0 Å². The molecule has 39 heavy (non-hydrogen) atoms. The molecule has 1 aliphatic carbocycles. The van der Waals surface area contributed by atoms with E-state index in [1.54, 1.807) is 0 Å². The molecule has 2 aromatic carbocycles. The molecule has 3 heterocycles. The van der Waals surface area contributed by atoms with Gasteiger partial charge in [-0.3, -0.25) is 19.3 Å². The van der Waals surface area contributed by atoms with Crippen LogP contribution in [0.25, 0.3) is 0 Å². The number of carbonyl (C=O) groups excluding carboxylic acids is 1. The van der Waals surface area contributed by atoms with Crippen molar-refractivity contribution in [3.8, 4) is 5.75 Å². The third-order valence-corrected chi connectivity index (χ3v) is 8.78. The fraction of sp³-hybridized carbons (Fsp3) is 0.500. The number of aromatic nitrogens is 2. The number of aryl methyl sites for hydroxylation is 2. The van der Waals surface area contributed by atoms with Gasteiger partial charge in [-0.05, 0) is 80.5 Å². The van der Waals surface area contributed by atoms with Crippen molar-refractivity contribution in [2.24, 2.45) is 5.92 Å². The molecular formula is C32H41N5O2. The summed E-state index contributed by atoms with van der Waals surface area (Å²) in [6, 6.07) is 19.5. The van der Waals surface area contributed by atoms with Crippen LogP contribution in [0.2, 0.25) is 0 Å². The Morgan fingerprint density at radius 3 is 2.46 bits per heavy atom. The second-order valence-corrected chi connectivity index (χ2v) is 11.7. The number of nitrogens with zero attached hydrogens (tertiary/aromatic N) is 5. The summed E-state index contributed by atoms with van der Waals surface area (Å²) in [5, 5.41) is 4.54. The molecular weight excluding hydrogens is 486 g/mol. The molecule has 206 valence electrons. The number of benzene rings is 2. The first-order chi connectivity index (χ1) is 19.0. The summed E-state index contributed by atoms with van der Waals surface area (Å²) in [7, 11) is 0. The lowest BCUT2D eigenvalue weighted by Gasteiger charge is -2.34. The molecule has 3 aliphatic rings. The number of likely N-dealkylation sites (tertiary alicyclic amines) is 1. The maximum atomic E-state index is 13.1. The van der Waals surface area contributed by atoms with Crippen LogP contribution in [0.1, 0.15) is 52.1 Å². The number of piperidine rings is 1. The minimum absolute atomic E-state index is 0.117. The van der Waals surface area contributed by atoms with Crippen molar-refractivity contribution in [3.05, 3.63) is 82.7 Å². The van der Waals surface area contributed by atoms with Crippen LogP contribution in [0, 0.1) is 19.8 Å². The van der Waals surface area contributed by atoms with E-state index in [-0.39, 0.29) is 5.91 Å². The maximum Gasteiger partial charge on any atom is 0.253 e. The lowest BCUT2D eigenvalue weighted by Crippen LogP contribution is -2.49. The van der Waals surface area contributed by atoms with E-state index in [4.69, 9.17) is 4.74 Å². The van der Waals surface area contributed by atoms with Gasteiger partial charge in [0.05, 0.1) is 12.2 Å². The first-order valence-corrected chi connectivity index (χ1v) is 14.6. The molecule has 2 atom stereocenters. The quantitative estimate of drug-likeness (QED) is 0.414. The van der Waals surface area contributed by atoms with Crippen LogP contribution >= 0.6 is 0 Å². The number of fused-ring (bicyclic) bond motifs is 2. The van der Waals surface area contributed by atoms with E-state index < -0.39 is 0 Å². The number of piperazine rings is 1. The molecule has 0 unspecified atom stereocenters. The number of hydrogen-bond acceptors (Lipinski definition) is 5. The molecule has 0 N–H and O–H groups in total. The minimum Gasteiger partial charge on any atom is -0.492 e. The third kappa shape index (κ3) is 6.20. The highest BCUT2D eigenvalue weighted by Crippen LogP contribution is 2.38. The highest BCUT2D eigenvalue weighted by Gasteiger charge is 2.37. The predicted octanol–water partition coefficient (Wildman–Crippen LogP) is 4.37. The second-order valence-electron chi connectivity index (χ2n) is 11.7. The Hall–Kier alpha value is -3.16. The van der Waals surface area contributed by atoms with E-state index >= 15 is 0 Å². The Morgan fingerprint density at radius 2 is 1.77 bits per heavy atom. The van der Waals surface area contributed by atoms with Crippen LogP contribution in [0.5, 0.6) is 5.75 Å². The Balaban J connectivity index is 0.929. The van der Waals surface area contributed by atoms with Gasteiger partial charge in [-0.25, -0.2) is 0 Å².